The van der Waals surface area contributed by atoms with Crippen LogP contribution in [0.15, 0.2) is 39.9 Å². The minimum Gasteiger partial charge on any atom is -0.444 e. The van der Waals surface area contributed by atoms with E-state index in [0.29, 0.717) is 18.4 Å². The van der Waals surface area contributed by atoms with Gasteiger partial charge in [-0.3, -0.25) is 0 Å². The smallest absolute Gasteiger partial charge is 0.226 e. The average Bonchev–Trinajstić information content (AvgIpc) is 2.84. The quantitative estimate of drug-likeness (QED) is 0.458. The lowest BCUT2D eigenvalue weighted by atomic mass is 10.1. The first-order valence-electron chi connectivity index (χ1n) is 6.93. The minimum absolute atomic E-state index is 0. The van der Waals surface area contributed by atoms with Crippen LogP contribution >= 0.6 is 24.0 Å². The number of oxazole rings is 1. The lowest BCUT2D eigenvalue weighted by Gasteiger charge is -2.20. The predicted octanol–water partition coefficient (Wildman–Crippen LogP) is 3.47. The molecule has 0 aliphatic carbocycles. The molecule has 0 aliphatic heterocycles. The summed E-state index contributed by atoms with van der Waals surface area (Å²) in [5.74, 6) is 1.00. The number of benzene rings is 1. The molecule has 1 aromatic carbocycles. The molecular weight excluding hydrogens is 391 g/mol. The fraction of sp³-hybridized carbons (Fsp3) is 0.375. The van der Waals surface area contributed by atoms with Gasteiger partial charge in [-0.25, -0.2) is 9.98 Å². The Morgan fingerprint density at radius 3 is 2.50 bits per heavy atom. The molecule has 120 valence electrons. The highest BCUT2D eigenvalue weighted by Crippen LogP contribution is 2.19. The van der Waals surface area contributed by atoms with E-state index in [1.165, 1.54) is 5.56 Å². The largest absolute Gasteiger partial charge is 0.444 e. The van der Waals surface area contributed by atoms with Gasteiger partial charge in [0.2, 0.25) is 5.89 Å². The molecule has 0 aliphatic rings. The third-order valence-electron chi connectivity index (χ3n) is 2.76. The second kappa shape index (κ2) is 7.62. The molecule has 0 amide bonds. The average molecular weight is 414 g/mol. The maximum absolute atomic E-state index is 5.82. The first kappa shape index (κ1) is 18.5. The van der Waals surface area contributed by atoms with E-state index in [-0.39, 0.29) is 29.5 Å². The van der Waals surface area contributed by atoms with E-state index in [4.69, 9.17) is 10.2 Å². The van der Waals surface area contributed by atoms with Gasteiger partial charge >= 0.3 is 0 Å². The van der Waals surface area contributed by atoms with Crippen molar-refractivity contribution in [2.24, 2.45) is 10.7 Å². The summed E-state index contributed by atoms with van der Waals surface area (Å²) in [5, 5.41) is 3.10. The van der Waals surface area contributed by atoms with Crippen LogP contribution in [0, 0.1) is 6.92 Å². The molecule has 1 heterocycles. The Balaban J connectivity index is 0.00000242. The number of hydrogen-bond acceptors (Lipinski definition) is 3. The van der Waals surface area contributed by atoms with Crippen LogP contribution in [0.4, 0.5) is 0 Å². The lowest BCUT2D eigenvalue weighted by molar-refractivity contribution is 0.508. The Kier molecular flexibility index (Phi) is 6.40. The topological polar surface area (TPSA) is 76.4 Å². The Bertz CT molecular complexity index is 626. The van der Waals surface area contributed by atoms with Crippen molar-refractivity contribution in [1.82, 2.24) is 10.3 Å². The van der Waals surface area contributed by atoms with Crippen LogP contribution in [0.3, 0.4) is 0 Å². The van der Waals surface area contributed by atoms with Gasteiger partial charge in [0.05, 0.1) is 6.54 Å². The summed E-state index contributed by atoms with van der Waals surface area (Å²) in [5.41, 5.74) is 8.63. The highest BCUT2D eigenvalue weighted by Gasteiger charge is 2.10. The van der Waals surface area contributed by atoms with Crippen molar-refractivity contribution in [1.29, 1.82) is 0 Å². The Morgan fingerprint density at radius 1 is 1.27 bits per heavy atom. The van der Waals surface area contributed by atoms with Gasteiger partial charge in [0.1, 0.15) is 12.0 Å². The van der Waals surface area contributed by atoms with Crippen LogP contribution in [0.25, 0.3) is 11.5 Å². The van der Waals surface area contributed by atoms with E-state index in [2.05, 4.69) is 15.3 Å². The van der Waals surface area contributed by atoms with Gasteiger partial charge in [0, 0.05) is 11.1 Å². The molecule has 3 N–H and O–H groups in total. The van der Waals surface area contributed by atoms with Crippen LogP contribution < -0.4 is 11.1 Å². The standard InChI is InChI=1S/C16H22N4O.HI/c1-11-5-7-12(8-6-11)14-19-13(10-21-14)9-18-15(17)20-16(2,3)4;/h5-8,10H,9H2,1-4H3,(H3,17,18,20);1H. The first-order valence-corrected chi connectivity index (χ1v) is 6.93. The number of nitrogens with two attached hydrogens (primary N) is 1. The monoisotopic (exact) mass is 414 g/mol. The molecule has 0 fully saturated rings. The van der Waals surface area contributed by atoms with Gasteiger partial charge < -0.3 is 15.5 Å². The third-order valence-corrected chi connectivity index (χ3v) is 2.76. The van der Waals surface area contributed by atoms with Gasteiger partial charge in [0.25, 0.3) is 0 Å². The number of halogens is 1. The molecule has 1 aromatic heterocycles. The van der Waals surface area contributed by atoms with Crippen LogP contribution in [-0.2, 0) is 6.54 Å². The Morgan fingerprint density at radius 2 is 1.91 bits per heavy atom. The fourth-order valence-corrected chi connectivity index (χ4v) is 1.80. The van der Waals surface area contributed by atoms with E-state index >= 15 is 0 Å². The van der Waals surface area contributed by atoms with E-state index in [0.717, 1.165) is 11.3 Å². The molecule has 0 spiro atoms. The highest BCUT2D eigenvalue weighted by molar-refractivity contribution is 14.0. The number of rotatable bonds is 3. The number of hydrogen-bond donors (Lipinski definition) is 2. The van der Waals surface area contributed by atoms with Crippen molar-refractivity contribution >= 4 is 29.9 Å². The second-order valence-electron chi connectivity index (χ2n) is 6.09. The van der Waals surface area contributed by atoms with Crippen molar-refractivity contribution in [3.63, 3.8) is 0 Å². The van der Waals surface area contributed by atoms with Gasteiger partial charge in [0.15, 0.2) is 5.96 Å². The summed E-state index contributed by atoms with van der Waals surface area (Å²) < 4.78 is 5.48. The minimum atomic E-state index is -0.107. The summed E-state index contributed by atoms with van der Waals surface area (Å²) in [6.45, 7) is 8.53. The lowest BCUT2D eigenvalue weighted by Crippen LogP contribution is -2.44. The Hall–Kier alpha value is -1.57. The second-order valence-corrected chi connectivity index (χ2v) is 6.09. The van der Waals surface area contributed by atoms with E-state index in [1.54, 1.807) is 6.26 Å². The molecule has 0 unspecified atom stereocenters. The van der Waals surface area contributed by atoms with Gasteiger partial charge in [-0.15, -0.1) is 24.0 Å². The summed E-state index contributed by atoms with van der Waals surface area (Å²) in [4.78, 5) is 8.68. The molecule has 0 saturated carbocycles. The van der Waals surface area contributed by atoms with Crippen molar-refractivity contribution in [2.45, 2.75) is 39.8 Å². The van der Waals surface area contributed by atoms with Crippen LogP contribution in [-0.4, -0.2) is 16.5 Å². The van der Waals surface area contributed by atoms with Gasteiger partial charge in [-0.05, 0) is 39.8 Å². The van der Waals surface area contributed by atoms with Crippen molar-refractivity contribution < 1.29 is 4.42 Å². The number of guanidine groups is 1. The number of aromatic nitrogens is 1. The van der Waals surface area contributed by atoms with E-state index < -0.39 is 0 Å². The summed E-state index contributed by atoms with van der Waals surface area (Å²) in [6, 6.07) is 8.04. The van der Waals surface area contributed by atoms with Crippen LogP contribution in [0.1, 0.15) is 32.0 Å². The molecule has 5 nitrogen and oxygen atoms in total. The van der Waals surface area contributed by atoms with E-state index in [1.807, 2.05) is 52.0 Å². The maximum atomic E-state index is 5.82. The van der Waals surface area contributed by atoms with Gasteiger partial charge in [-0.1, -0.05) is 17.7 Å². The predicted molar refractivity (Wildman–Crippen MR) is 100 cm³/mol. The Labute approximate surface area is 148 Å². The molecule has 2 aromatic rings. The van der Waals surface area contributed by atoms with Crippen molar-refractivity contribution in [3.05, 3.63) is 41.8 Å². The summed E-state index contributed by atoms with van der Waals surface area (Å²) in [7, 11) is 0. The normalized spacial score (nSPS) is 11.9. The summed E-state index contributed by atoms with van der Waals surface area (Å²) >= 11 is 0. The molecule has 2 rings (SSSR count). The highest BCUT2D eigenvalue weighted by atomic mass is 127. The number of nitrogens with one attached hydrogen (secondary N) is 1. The van der Waals surface area contributed by atoms with Crippen molar-refractivity contribution in [2.75, 3.05) is 0 Å². The summed E-state index contributed by atoms with van der Waals surface area (Å²) in [6.07, 6.45) is 1.61. The molecule has 22 heavy (non-hydrogen) atoms. The maximum Gasteiger partial charge on any atom is 0.226 e. The molecule has 0 saturated heterocycles. The zero-order valence-electron chi connectivity index (χ0n) is 13.4. The number of aliphatic imine (C=N–C) groups is 1. The SMILES string of the molecule is Cc1ccc(-c2nc(CN=C(N)NC(C)(C)C)co2)cc1.I. The van der Waals surface area contributed by atoms with Crippen LogP contribution in [0.5, 0.6) is 0 Å². The molecule has 0 radical (unpaired) electrons. The number of aryl methyl sites for hydroxylation is 1. The molecule has 0 atom stereocenters. The molecular formula is C16H23IN4O. The van der Waals surface area contributed by atoms with E-state index in [9.17, 15) is 0 Å². The zero-order chi connectivity index (χ0) is 15.5. The molecule has 0 bridgehead atoms. The number of nitrogens with zero attached hydrogens (tertiary/aromatic N) is 2. The van der Waals surface area contributed by atoms with Crippen molar-refractivity contribution in [3.8, 4) is 11.5 Å². The van der Waals surface area contributed by atoms with Crippen LogP contribution in [0.2, 0.25) is 0 Å². The fourth-order valence-electron chi connectivity index (χ4n) is 1.80. The zero-order valence-corrected chi connectivity index (χ0v) is 15.7. The first-order chi connectivity index (χ1) is 9.83. The third kappa shape index (κ3) is 5.67. The van der Waals surface area contributed by atoms with Gasteiger partial charge in [-0.2, -0.15) is 0 Å². The molecule has 6 heteroatoms.